The topological polar surface area (TPSA) is 75.6 Å². The van der Waals surface area contributed by atoms with Crippen LogP contribution in [0.15, 0.2) is 24.3 Å². The summed E-state index contributed by atoms with van der Waals surface area (Å²) in [7, 11) is 0. The highest BCUT2D eigenvalue weighted by molar-refractivity contribution is 5.86. The van der Waals surface area contributed by atoms with Crippen LogP contribution in [0.4, 0.5) is 0 Å². The third kappa shape index (κ3) is 4.91. The number of nitrogens with one attached hydrogen (secondary N) is 1. The number of carboxylic acid groups (broad SMARTS) is 1. The normalized spacial score (nSPS) is 10.9. The van der Waals surface area contributed by atoms with E-state index in [0.29, 0.717) is 13.0 Å². The fraction of sp³-hybridized carbons (Fsp3) is 0.467. The van der Waals surface area contributed by atoms with Crippen LogP contribution in [0.2, 0.25) is 0 Å². The minimum absolute atomic E-state index is 0.239. The molecular weight excluding hydrogens is 258 g/mol. The molecule has 0 saturated heterocycles. The molecule has 5 heteroatoms. The van der Waals surface area contributed by atoms with Gasteiger partial charge in [-0.25, -0.2) is 4.79 Å². The fourth-order valence-corrected chi connectivity index (χ4v) is 1.60. The van der Waals surface area contributed by atoms with Crippen molar-refractivity contribution in [2.45, 2.75) is 39.2 Å². The monoisotopic (exact) mass is 279 g/mol. The Morgan fingerprint density at radius 1 is 1.30 bits per heavy atom. The number of para-hydroxylation sites is 1. The molecule has 0 heterocycles. The van der Waals surface area contributed by atoms with E-state index in [1.54, 1.807) is 0 Å². The first kappa shape index (κ1) is 16.0. The van der Waals surface area contributed by atoms with E-state index in [4.69, 9.17) is 9.84 Å². The average Bonchev–Trinajstić information content (AvgIpc) is 2.35. The Balaban J connectivity index is 2.30. The molecule has 2 N–H and O–H groups in total. The van der Waals surface area contributed by atoms with E-state index in [-0.39, 0.29) is 12.3 Å². The number of hydrogen-bond donors (Lipinski definition) is 2. The minimum Gasteiger partial charge on any atom is -0.493 e. The van der Waals surface area contributed by atoms with Crippen LogP contribution in [-0.2, 0) is 9.59 Å². The van der Waals surface area contributed by atoms with Crippen molar-refractivity contribution in [1.29, 1.82) is 0 Å². The molecule has 1 amide bonds. The summed E-state index contributed by atoms with van der Waals surface area (Å²) in [5.74, 6) is -0.536. The van der Waals surface area contributed by atoms with E-state index < -0.39 is 11.5 Å². The zero-order valence-electron chi connectivity index (χ0n) is 12.1. The Hall–Kier alpha value is -2.04. The van der Waals surface area contributed by atoms with Crippen molar-refractivity contribution in [3.63, 3.8) is 0 Å². The molecule has 0 aliphatic carbocycles. The molecule has 0 saturated carbocycles. The van der Waals surface area contributed by atoms with Gasteiger partial charge in [0, 0.05) is 6.42 Å². The van der Waals surface area contributed by atoms with Crippen molar-refractivity contribution in [3.05, 3.63) is 29.8 Å². The molecule has 0 atom stereocenters. The van der Waals surface area contributed by atoms with E-state index in [1.165, 1.54) is 13.8 Å². The molecule has 0 aliphatic rings. The lowest BCUT2D eigenvalue weighted by molar-refractivity contribution is -0.146. The molecule has 1 aromatic carbocycles. The lowest BCUT2D eigenvalue weighted by Crippen LogP contribution is -2.49. The number of carboxylic acids is 1. The maximum Gasteiger partial charge on any atom is 0.328 e. The fourth-order valence-electron chi connectivity index (χ4n) is 1.60. The molecule has 0 aliphatic heterocycles. The van der Waals surface area contributed by atoms with E-state index in [9.17, 15) is 9.59 Å². The highest BCUT2D eigenvalue weighted by atomic mass is 16.5. The molecular formula is C15H21NO4. The van der Waals surface area contributed by atoms with Gasteiger partial charge in [0.05, 0.1) is 6.61 Å². The number of aliphatic carboxylic acids is 1. The first-order valence-corrected chi connectivity index (χ1v) is 6.56. The molecule has 0 unspecified atom stereocenters. The highest BCUT2D eigenvalue weighted by Crippen LogP contribution is 2.16. The predicted octanol–water partition coefficient (Wildman–Crippen LogP) is 2.13. The van der Waals surface area contributed by atoms with Gasteiger partial charge < -0.3 is 15.2 Å². The molecule has 1 rings (SSSR count). The van der Waals surface area contributed by atoms with Gasteiger partial charge in [0.15, 0.2) is 0 Å². The Labute approximate surface area is 118 Å². The maximum absolute atomic E-state index is 11.6. The number of aryl methyl sites for hydroxylation is 1. The summed E-state index contributed by atoms with van der Waals surface area (Å²) >= 11 is 0. The van der Waals surface area contributed by atoms with Crippen LogP contribution < -0.4 is 10.1 Å². The SMILES string of the molecule is Cc1ccccc1OCCCC(=O)NC(C)(C)C(=O)O. The van der Waals surface area contributed by atoms with Gasteiger partial charge in [-0.05, 0) is 38.8 Å². The minimum atomic E-state index is -1.24. The van der Waals surface area contributed by atoms with E-state index in [0.717, 1.165) is 11.3 Å². The Kier molecular flexibility index (Phi) is 5.55. The summed E-state index contributed by atoms with van der Waals surface area (Å²) in [6.07, 6.45) is 0.776. The number of benzene rings is 1. The predicted molar refractivity (Wildman–Crippen MR) is 75.8 cm³/mol. The Morgan fingerprint density at radius 2 is 1.95 bits per heavy atom. The van der Waals surface area contributed by atoms with Crippen molar-refractivity contribution in [3.8, 4) is 5.75 Å². The second kappa shape index (κ2) is 6.93. The van der Waals surface area contributed by atoms with Crippen LogP contribution in [-0.4, -0.2) is 29.1 Å². The van der Waals surface area contributed by atoms with E-state index >= 15 is 0 Å². The zero-order valence-corrected chi connectivity index (χ0v) is 12.1. The first-order chi connectivity index (χ1) is 9.33. The number of carbonyl (C=O) groups excluding carboxylic acids is 1. The first-order valence-electron chi connectivity index (χ1n) is 6.56. The van der Waals surface area contributed by atoms with Gasteiger partial charge in [-0.1, -0.05) is 18.2 Å². The van der Waals surface area contributed by atoms with Gasteiger partial charge in [0.1, 0.15) is 11.3 Å². The molecule has 0 radical (unpaired) electrons. The summed E-state index contributed by atoms with van der Waals surface area (Å²) in [4.78, 5) is 22.5. The van der Waals surface area contributed by atoms with Crippen LogP contribution in [0, 0.1) is 6.92 Å². The maximum atomic E-state index is 11.6. The van der Waals surface area contributed by atoms with Gasteiger partial charge in [-0.3, -0.25) is 4.79 Å². The molecule has 5 nitrogen and oxygen atoms in total. The number of hydrogen-bond acceptors (Lipinski definition) is 3. The van der Waals surface area contributed by atoms with Crippen molar-refractivity contribution in [1.82, 2.24) is 5.32 Å². The summed E-state index contributed by atoms with van der Waals surface area (Å²) in [5, 5.41) is 11.4. The van der Waals surface area contributed by atoms with Crippen LogP contribution in [0.1, 0.15) is 32.3 Å². The number of ether oxygens (including phenoxy) is 1. The largest absolute Gasteiger partial charge is 0.493 e. The van der Waals surface area contributed by atoms with Gasteiger partial charge in [-0.2, -0.15) is 0 Å². The van der Waals surface area contributed by atoms with E-state index in [2.05, 4.69) is 5.32 Å². The summed E-state index contributed by atoms with van der Waals surface area (Å²) in [6.45, 7) is 5.29. The molecule has 0 bridgehead atoms. The highest BCUT2D eigenvalue weighted by Gasteiger charge is 2.28. The van der Waals surface area contributed by atoms with Crippen molar-refractivity contribution in [2.75, 3.05) is 6.61 Å². The smallest absolute Gasteiger partial charge is 0.328 e. The zero-order chi connectivity index (χ0) is 15.2. The molecule has 0 spiro atoms. The molecule has 110 valence electrons. The second-order valence-corrected chi connectivity index (χ2v) is 5.20. The van der Waals surface area contributed by atoms with Crippen LogP contribution in [0.3, 0.4) is 0 Å². The quantitative estimate of drug-likeness (QED) is 0.750. The summed E-state index contributed by atoms with van der Waals surface area (Å²) in [6, 6.07) is 7.66. The van der Waals surface area contributed by atoms with Crippen molar-refractivity contribution in [2.24, 2.45) is 0 Å². The van der Waals surface area contributed by atoms with Crippen molar-refractivity contribution >= 4 is 11.9 Å². The lowest BCUT2D eigenvalue weighted by Gasteiger charge is -2.20. The summed E-state index contributed by atoms with van der Waals surface area (Å²) in [5.41, 5.74) is -0.197. The summed E-state index contributed by atoms with van der Waals surface area (Å²) < 4.78 is 5.57. The van der Waals surface area contributed by atoms with Crippen LogP contribution in [0.5, 0.6) is 5.75 Å². The van der Waals surface area contributed by atoms with Crippen LogP contribution in [0.25, 0.3) is 0 Å². The van der Waals surface area contributed by atoms with Gasteiger partial charge in [-0.15, -0.1) is 0 Å². The van der Waals surface area contributed by atoms with Crippen molar-refractivity contribution < 1.29 is 19.4 Å². The number of amides is 1. The third-order valence-electron chi connectivity index (χ3n) is 2.89. The lowest BCUT2D eigenvalue weighted by atomic mass is 10.1. The van der Waals surface area contributed by atoms with E-state index in [1.807, 2.05) is 31.2 Å². The molecule has 0 aromatic heterocycles. The standard InChI is InChI=1S/C15H21NO4/c1-11-7-4-5-8-12(11)20-10-6-9-13(17)16-15(2,3)14(18)19/h4-5,7-8H,6,9-10H2,1-3H3,(H,16,17)(H,18,19). The number of carbonyl (C=O) groups is 2. The molecule has 20 heavy (non-hydrogen) atoms. The number of rotatable bonds is 7. The average molecular weight is 279 g/mol. The van der Waals surface area contributed by atoms with Gasteiger partial charge >= 0.3 is 5.97 Å². The second-order valence-electron chi connectivity index (χ2n) is 5.20. The Morgan fingerprint density at radius 3 is 2.55 bits per heavy atom. The van der Waals surface area contributed by atoms with Crippen LogP contribution >= 0.6 is 0 Å². The molecule has 0 fully saturated rings. The Bertz CT molecular complexity index is 483. The van der Waals surface area contributed by atoms with Gasteiger partial charge in [0.25, 0.3) is 0 Å². The molecule has 1 aromatic rings. The van der Waals surface area contributed by atoms with Gasteiger partial charge in [0.2, 0.25) is 5.91 Å². The third-order valence-corrected chi connectivity index (χ3v) is 2.89.